The predicted molar refractivity (Wildman–Crippen MR) is 128 cm³/mol. The topological polar surface area (TPSA) is 101 Å². The summed E-state index contributed by atoms with van der Waals surface area (Å²) >= 11 is 6.56. The van der Waals surface area contributed by atoms with E-state index in [1.807, 2.05) is 0 Å². The summed E-state index contributed by atoms with van der Waals surface area (Å²) in [7, 11) is -3.44. The highest BCUT2D eigenvalue weighted by Crippen LogP contribution is 2.41. The minimum atomic E-state index is -3.44. The Morgan fingerprint density at radius 3 is 2.55 bits per heavy atom. The molecule has 0 aromatic carbocycles. The van der Waals surface area contributed by atoms with Crippen LogP contribution < -0.4 is 21.0 Å². The van der Waals surface area contributed by atoms with E-state index in [-0.39, 0.29) is 35.8 Å². The molecule has 2 aliphatic heterocycles. The molecule has 3 saturated carbocycles. The number of hydrogen-bond donors (Lipinski definition) is 4. The lowest BCUT2D eigenvalue weighted by molar-refractivity contribution is -0.0983. The van der Waals surface area contributed by atoms with Crippen LogP contribution in [0.15, 0.2) is 0 Å². The Bertz CT molecular complexity index is 745. The summed E-state index contributed by atoms with van der Waals surface area (Å²) < 4.78 is 35.9. The summed E-state index contributed by atoms with van der Waals surface area (Å²) in [5.41, 5.74) is 5.76. The largest absolute Gasteiger partial charge is 0.360 e. The van der Waals surface area contributed by atoms with Crippen molar-refractivity contribution in [2.24, 2.45) is 11.8 Å². The second-order valence-corrected chi connectivity index (χ2v) is 13.5. The standard InChI is InChI=1S/C23H41ClN4O4S/c24-16-9-11-20(18(13-16)15-5-2-1-3-6-15)31-22-12-10-17(14-25-22)28-33(29,30)21-8-4-7-19-23(21)27-32-26-19/h15-23,25-28H,1-14H2. The third kappa shape index (κ3) is 5.88. The highest BCUT2D eigenvalue weighted by atomic mass is 35.5. The number of piperidine rings is 1. The van der Waals surface area contributed by atoms with Crippen LogP contribution in [0.4, 0.5) is 0 Å². The number of sulfonamides is 1. The van der Waals surface area contributed by atoms with E-state index in [2.05, 4.69) is 21.0 Å². The number of rotatable bonds is 6. The van der Waals surface area contributed by atoms with Gasteiger partial charge in [-0.25, -0.2) is 18.1 Å². The SMILES string of the molecule is O=S(=O)(NC1CCC(OC2CCC(Cl)CC2C2CCCCC2)NC1)C1CCCC2NONC21. The number of ether oxygens (including phenoxy) is 1. The average molecular weight is 505 g/mol. The van der Waals surface area contributed by atoms with Gasteiger partial charge >= 0.3 is 0 Å². The monoisotopic (exact) mass is 504 g/mol. The van der Waals surface area contributed by atoms with E-state index >= 15 is 0 Å². The Morgan fingerprint density at radius 1 is 0.909 bits per heavy atom. The van der Waals surface area contributed by atoms with Crippen molar-refractivity contribution in [2.75, 3.05) is 6.54 Å². The maximum absolute atomic E-state index is 13.1. The second kappa shape index (κ2) is 10.9. The lowest BCUT2D eigenvalue weighted by Gasteiger charge is -2.43. The van der Waals surface area contributed by atoms with Gasteiger partial charge in [0.15, 0.2) is 0 Å². The van der Waals surface area contributed by atoms with Crippen molar-refractivity contribution in [1.29, 1.82) is 0 Å². The van der Waals surface area contributed by atoms with Gasteiger partial charge in [-0.2, -0.15) is 11.0 Å². The van der Waals surface area contributed by atoms with Gasteiger partial charge in [-0.15, -0.1) is 11.6 Å². The van der Waals surface area contributed by atoms with Gasteiger partial charge in [0.1, 0.15) is 6.23 Å². The molecule has 33 heavy (non-hydrogen) atoms. The molecule has 0 radical (unpaired) electrons. The lowest BCUT2D eigenvalue weighted by atomic mass is 9.72. The molecule has 4 N–H and O–H groups in total. The fraction of sp³-hybridized carbons (Fsp3) is 1.00. The lowest BCUT2D eigenvalue weighted by Crippen LogP contribution is -2.57. The summed E-state index contributed by atoms with van der Waals surface area (Å²) in [5, 5.41) is 3.30. The van der Waals surface area contributed by atoms with Crippen LogP contribution in [0.2, 0.25) is 0 Å². The summed E-state index contributed by atoms with van der Waals surface area (Å²) in [6.45, 7) is 0.603. The summed E-state index contributed by atoms with van der Waals surface area (Å²) in [6, 6.07) is -0.237. The molecular weight excluding hydrogens is 464 g/mol. The zero-order valence-corrected chi connectivity index (χ0v) is 21.1. The Hall–Kier alpha value is -0.0000000000000000971. The smallest absolute Gasteiger partial charge is 0.216 e. The quantitative estimate of drug-likeness (QED) is 0.412. The van der Waals surface area contributed by atoms with E-state index in [1.165, 1.54) is 32.1 Å². The molecule has 2 heterocycles. The number of hydrogen-bond acceptors (Lipinski definition) is 7. The first kappa shape index (κ1) is 24.7. The van der Waals surface area contributed by atoms with Crippen LogP contribution in [-0.4, -0.2) is 56.0 Å². The average Bonchev–Trinajstić information content (AvgIpc) is 3.31. The van der Waals surface area contributed by atoms with E-state index in [9.17, 15) is 8.42 Å². The first-order valence-corrected chi connectivity index (χ1v) is 15.2. The molecule has 2 saturated heterocycles. The molecule has 10 heteroatoms. The molecule has 8 nitrogen and oxygen atoms in total. The molecule has 5 aliphatic rings. The van der Waals surface area contributed by atoms with Gasteiger partial charge in [-0.1, -0.05) is 38.5 Å². The molecule has 3 aliphatic carbocycles. The van der Waals surface area contributed by atoms with Gasteiger partial charge in [0.25, 0.3) is 0 Å². The van der Waals surface area contributed by atoms with E-state index in [4.69, 9.17) is 21.3 Å². The highest BCUT2D eigenvalue weighted by Gasteiger charge is 2.45. The molecule has 0 aromatic heterocycles. The van der Waals surface area contributed by atoms with Crippen LogP contribution in [0, 0.1) is 11.8 Å². The van der Waals surface area contributed by atoms with E-state index in [1.54, 1.807) is 0 Å². The minimum absolute atomic E-state index is 0.00174. The molecule has 190 valence electrons. The third-order valence-electron chi connectivity index (χ3n) is 8.71. The van der Waals surface area contributed by atoms with Crippen molar-refractivity contribution in [3.8, 4) is 0 Å². The van der Waals surface area contributed by atoms with Crippen molar-refractivity contribution < 1.29 is 18.1 Å². The maximum atomic E-state index is 13.1. The van der Waals surface area contributed by atoms with Crippen molar-refractivity contribution in [1.82, 2.24) is 21.0 Å². The first-order chi connectivity index (χ1) is 16.0. The Kier molecular flexibility index (Phi) is 8.19. The summed E-state index contributed by atoms with van der Waals surface area (Å²) in [4.78, 5) is 5.12. The Labute approximate surface area is 203 Å². The predicted octanol–water partition coefficient (Wildman–Crippen LogP) is 2.69. The summed E-state index contributed by atoms with van der Waals surface area (Å²) in [6.07, 6.45) is 14.2. The van der Waals surface area contributed by atoms with Crippen LogP contribution in [0.5, 0.6) is 0 Å². The van der Waals surface area contributed by atoms with Gasteiger partial charge in [0.2, 0.25) is 10.0 Å². The van der Waals surface area contributed by atoms with Crippen molar-refractivity contribution in [2.45, 2.75) is 125 Å². The van der Waals surface area contributed by atoms with E-state index in [0.717, 1.165) is 50.9 Å². The van der Waals surface area contributed by atoms with E-state index in [0.29, 0.717) is 18.9 Å². The normalized spacial score (nSPS) is 43.3. The van der Waals surface area contributed by atoms with Gasteiger partial charge in [0.05, 0.1) is 23.4 Å². The van der Waals surface area contributed by atoms with Gasteiger partial charge in [-0.05, 0) is 56.8 Å². The number of nitrogens with one attached hydrogen (secondary N) is 4. The fourth-order valence-electron chi connectivity index (χ4n) is 6.90. The highest BCUT2D eigenvalue weighted by molar-refractivity contribution is 7.90. The van der Waals surface area contributed by atoms with Crippen molar-refractivity contribution >= 4 is 21.6 Å². The van der Waals surface area contributed by atoms with Crippen LogP contribution in [0.3, 0.4) is 0 Å². The molecule has 8 atom stereocenters. The van der Waals surface area contributed by atoms with Crippen LogP contribution in [0.25, 0.3) is 0 Å². The van der Waals surface area contributed by atoms with Crippen molar-refractivity contribution in [3.63, 3.8) is 0 Å². The van der Waals surface area contributed by atoms with Gasteiger partial charge in [0, 0.05) is 18.0 Å². The maximum Gasteiger partial charge on any atom is 0.216 e. The number of alkyl halides is 1. The molecular formula is C23H41ClN4O4S. The zero-order chi connectivity index (χ0) is 22.8. The molecule has 0 spiro atoms. The minimum Gasteiger partial charge on any atom is -0.360 e. The van der Waals surface area contributed by atoms with Gasteiger partial charge in [-0.3, -0.25) is 5.32 Å². The molecule has 0 aromatic rings. The first-order valence-electron chi connectivity index (χ1n) is 13.2. The number of halogens is 1. The Morgan fingerprint density at radius 2 is 1.76 bits per heavy atom. The number of fused-ring (bicyclic) bond motifs is 1. The fourth-order valence-corrected chi connectivity index (χ4v) is 9.18. The molecule has 0 bridgehead atoms. The number of hydroxylamine groups is 2. The second-order valence-electron chi connectivity index (χ2n) is 10.9. The van der Waals surface area contributed by atoms with Crippen LogP contribution in [0.1, 0.15) is 83.5 Å². The molecule has 0 amide bonds. The van der Waals surface area contributed by atoms with E-state index < -0.39 is 15.3 Å². The van der Waals surface area contributed by atoms with Gasteiger partial charge < -0.3 is 4.74 Å². The summed E-state index contributed by atoms with van der Waals surface area (Å²) in [5.74, 6) is 1.31. The third-order valence-corrected chi connectivity index (χ3v) is 11.1. The van der Waals surface area contributed by atoms with Crippen LogP contribution >= 0.6 is 11.6 Å². The molecule has 8 unspecified atom stereocenters. The molecule has 5 rings (SSSR count). The van der Waals surface area contributed by atoms with Crippen LogP contribution in [-0.2, 0) is 19.7 Å². The Balaban J connectivity index is 1.12. The molecule has 5 fully saturated rings. The zero-order valence-electron chi connectivity index (χ0n) is 19.5. The van der Waals surface area contributed by atoms with Crippen molar-refractivity contribution in [3.05, 3.63) is 0 Å².